The third-order valence-corrected chi connectivity index (χ3v) is 3.97. The summed E-state index contributed by atoms with van der Waals surface area (Å²) < 4.78 is 42.3. The molecule has 1 rings (SSSR count). The Labute approximate surface area is 113 Å². The molecule has 0 amide bonds. The number of alkyl halides is 3. The molecule has 0 aromatic rings. The summed E-state index contributed by atoms with van der Waals surface area (Å²) in [6.45, 7) is 6.53. The number of hydrogen-bond donors (Lipinski definition) is 1. The van der Waals surface area contributed by atoms with Gasteiger partial charge >= 0.3 is 6.18 Å². The van der Waals surface area contributed by atoms with E-state index in [1.54, 1.807) is 0 Å². The highest BCUT2D eigenvalue weighted by molar-refractivity contribution is 4.90. The molecule has 0 aromatic heterocycles. The van der Waals surface area contributed by atoms with Gasteiger partial charge in [0, 0.05) is 31.6 Å². The minimum Gasteiger partial charge on any atom is -0.376 e. The lowest BCUT2D eigenvalue weighted by Crippen LogP contribution is -2.57. The Bertz CT molecular complexity index is 273. The van der Waals surface area contributed by atoms with E-state index in [2.05, 4.69) is 11.8 Å². The number of ether oxygens (including phenoxy) is 1. The Balaban J connectivity index is 2.53. The molecule has 1 saturated heterocycles. The van der Waals surface area contributed by atoms with Gasteiger partial charge in [0.2, 0.25) is 0 Å². The molecule has 1 fully saturated rings. The molecule has 1 aliphatic heterocycles. The number of hydrogen-bond acceptors (Lipinski definition) is 3. The molecule has 2 atom stereocenters. The van der Waals surface area contributed by atoms with Crippen LogP contribution in [0.15, 0.2) is 0 Å². The first-order chi connectivity index (χ1) is 8.80. The Morgan fingerprint density at radius 2 is 2.00 bits per heavy atom. The highest BCUT2D eigenvalue weighted by Crippen LogP contribution is 2.28. The molecule has 0 saturated carbocycles. The summed E-state index contributed by atoms with van der Waals surface area (Å²) >= 11 is 0. The zero-order valence-corrected chi connectivity index (χ0v) is 11.8. The maximum absolute atomic E-state index is 12.2. The molecule has 1 heterocycles. The van der Waals surface area contributed by atoms with Gasteiger partial charge in [0.1, 0.15) is 0 Å². The Morgan fingerprint density at radius 3 is 2.53 bits per heavy atom. The number of rotatable bonds is 6. The van der Waals surface area contributed by atoms with E-state index in [-0.39, 0.29) is 18.1 Å². The maximum Gasteiger partial charge on any atom is 0.389 e. The summed E-state index contributed by atoms with van der Waals surface area (Å²) in [6, 6.07) is 0. The predicted octanol–water partition coefficient (Wildman–Crippen LogP) is 2.55. The lowest BCUT2D eigenvalue weighted by Gasteiger charge is -2.45. The second-order valence-corrected chi connectivity index (χ2v) is 5.52. The SMILES string of the molecule is CCC1CN(C(C)(CN)CCCC(F)(F)F)CCO1. The van der Waals surface area contributed by atoms with Gasteiger partial charge < -0.3 is 10.5 Å². The monoisotopic (exact) mass is 282 g/mol. The second kappa shape index (κ2) is 6.90. The summed E-state index contributed by atoms with van der Waals surface area (Å²) in [5, 5.41) is 0. The van der Waals surface area contributed by atoms with E-state index in [0.717, 1.165) is 19.5 Å². The molecule has 0 radical (unpaired) electrons. The Kier molecular flexibility index (Phi) is 6.08. The largest absolute Gasteiger partial charge is 0.389 e. The van der Waals surface area contributed by atoms with Crippen molar-refractivity contribution >= 4 is 0 Å². The second-order valence-electron chi connectivity index (χ2n) is 5.52. The van der Waals surface area contributed by atoms with Crippen LogP contribution in [0.1, 0.15) is 39.5 Å². The standard InChI is InChI=1S/C13H25F3N2O/c1-3-11-9-18(7-8-19-11)12(2,10-17)5-4-6-13(14,15)16/h11H,3-10,17H2,1-2H3. The fraction of sp³-hybridized carbons (Fsp3) is 1.00. The van der Waals surface area contributed by atoms with Crippen molar-refractivity contribution < 1.29 is 17.9 Å². The van der Waals surface area contributed by atoms with E-state index < -0.39 is 12.6 Å². The van der Waals surface area contributed by atoms with Gasteiger partial charge in [0.05, 0.1) is 12.7 Å². The third-order valence-electron chi connectivity index (χ3n) is 3.97. The van der Waals surface area contributed by atoms with Crippen LogP contribution in [0.5, 0.6) is 0 Å². The van der Waals surface area contributed by atoms with Crippen molar-refractivity contribution in [2.45, 2.75) is 57.3 Å². The fourth-order valence-electron chi connectivity index (χ4n) is 2.52. The number of morpholine rings is 1. The minimum atomic E-state index is -4.08. The topological polar surface area (TPSA) is 38.5 Å². The maximum atomic E-state index is 12.2. The highest BCUT2D eigenvalue weighted by atomic mass is 19.4. The third kappa shape index (κ3) is 5.28. The highest BCUT2D eigenvalue weighted by Gasteiger charge is 2.35. The van der Waals surface area contributed by atoms with Crippen LogP contribution in [0.4, 0.5) is 13.2 Å². The molecule has 0 spiro atoms. The number of nitrogens with zero attached hydrogens (tertiary/aromatic N) is 1. The molecule has 6 heteroatoms. The molecule has 0 aliphatic carbocycles. The van der Waals surface area contributed by atoms with Crippen molar-refractivity contribution in [3.63, 3.8) is 0 Å². The van der Waals surface area contributed by atoms with Gasteiger partial charge in [-0.1, -0.05) is 6.92 Å². The summed E-state index contributed by atoms with van der Waals surface area (Å²) in [4.78, 5) is 2.20. The summed E-state index contributed by atoms with van der Waals surface area (Å²) in [6.07, 6.45) is -3.12. The van der Waals surface area contributed by atoms with E-state index in [1.165, 1.54) is 0 Å². The Morgan fingerprint density at radius 1 is 1.32 bits per heavy atom. The van der Waals surface area contributed by atoms with Crippen molar-refractivity contribution in [2.24, 2.45) is 5.73 Å². The van der Waals surface area contributed by atoms with Crippen LogP contribution >= 0.6 is 0 Å². The normalized spacial score (nSPS) is 25.3. The van der Waals surface area contributed by atoms with Crippen molar-refractivity contribution in [1.29, 1.82) is 0 Å². The van der Waals surface area contributed by atoms with Gasteiger partial charge in [0.15, 0.2) is 0 Å². The van der Waals surface area contributed by atoms with Crippen LogP contribution in [0, 0.1) is 0 Å². The summed E-state index contributed by atoms with van der Waals surface area (Å²) in [7, 11) is 0. The van der Waals surface area contributed by atoms with Gasteiger partial charge in [-0.3, -0.25) is 4.90 Å². The first kappa shape index (κ1) is 16.7. The quantitative estimate of drug-likeness (QED) is 0.813. The van der Waals surface area contributed by atoms with E-state index in [9.17, 15) is 13.2 Å². The predicted molar refractivity (Wildman–Crippen MR) is 69.0 cm³/mol. The molecular formula is C13H25F3N2O. The van der Waals surface area contributed by atoms with Gasteiger partial charge in [-0.25, -0.2) is 0 Å². The van der Waals surface area contributed by atoms with Crippen LogP contribution in [0.3, 0.4) is 0 Å². The van der Waals surface area contributed by atoms with E-state index in [4.69, 9.17) is 10.5 Å². The summed E-state index contributed by atoms with van der Waals surface area (Å²) in [5.74, 6) is 0. The summed E-state index contributed by atoms with van der Waals surface area (Å²) in [5.41, 5.74) is 5.45. The zero-order chi connectivity index (χ0) is 14.5. The van der Waals surface area contributed by atoms with Crippen molar-refractivity contribution in [2.75, 3.05) is 26.2 Å². The van der Waals surface area contributed by atoms with Gasteiger partial charge in [-0.15, -0.1) is 0 Å². The van der Waals surface area contributed by atoms with Gasteiger partial charge in [-0.05, 0) is 26.2 Å². The minimum absolute atomic E-state index is 0.130. The molecule has 1 aliphatic rings. The van der Waals surface area contributed by atoms with Crippen LogP contribution in [-0.4, -0.2) is 49.0 Å². The van der Waals surface area contributed by atoms with Crippen LogP contribution in [0.2, 0.25) is 0 Å². The van der Waals surface area contributed by atoms with Crippen molar-refractivity contribution in [3.8, 4) is 0 Å². The van der Waals surface area contributed by atoms with Crippen LogP contribution in [-0.2, 0) is 4.74 Å². The molecular weight excluding hydrogens is 257 g/mol. The first-order valence-corrected chi connectivity index (χ1v) is 6.94. The van der Waals surface area contributed by atoms with Crippen LogP contribution in [0.25, 0.3) is 0 Å². The van der Waals surface area contributed by atoms with Crippen LogP contribution < -0.4 is 5.73 Å². The molecule has 2 N–H and O–H groups in total. The van der Waals surface area contributed by atoms with Gasteiger partial charge in [0.25, 0.3) is 0 Å². The number of halogens is 3. The first-order valence-electron chi connectivity index (χ1n) is 6.94. The van der Waals surface area contributed by atoms with E-state index in [1.807, 2.05) is 6.92 Å². The molecule has 2 unspecified atom stereocenters. The van der Waals surface area contributed by atoms with Gasteiger partial charge in [-0.2, -0.15) is 13.2 Å². The van der Waals surface area contributed by atoms with E-state index in [0.29, 0.717) is 19.6 Å². The van der Waals surface area contributed by atoms with Crippen molar-refractivity contribution in [1.82, 2.24) is 4.90 Å². The van der Waals surface area contributed by atoms with E-state index >= 15 is 0 Å². The average Bonchev–Trinajstić information content (AvgIpc) is 2.37. The Hall–Kier alpha value is -0.330. The lowest BCUT2D eigenvalue weighted by atomic mass is 9.91. The van der Waals surface area contributed by atoms with Crippen molar-refractivity contribution in [3.05, 3.63) is 0 Å². The zero-order valence-electron chi connectivity index (χ0n) is 11.8. The molecule has 19 heavy (non-hydrogen) atoms. The molecule has 0 aromatic carbocycles. The lowest BCUT2D eigenvalue weighted by molar-refractivity contribution is -0.137. The molecule has 114 valence electrons. The molecule has 0 bridgehead atoms. The molecule has 3 nitrogen and oxygen atoms in total. The average molecular weight is 282 g/mol. The fourth-order valence-corrected chi connectivity index (χ4v) is 2.52. The smallest absolute Gasteiger partial charge is 0.376 e. The number of nitrogens with two attached hydrogens (primary N) is 1.